The number of anilines is 1. The molecule has 2 fully saturated rings. The van der Waals surface area contributed by atoms with Crippen LogP contribution < -0.4 is 10.2 Å². The lowest BCUT2D eigenvalue weighted by Gasteiger charge is -2.34. The summed E-state index contributed by atoms with van der Waals surface area (Å²) in [6.45, 7) is 5.40. The number of hydrogen-bond donors (Lipinski definition) is 1. The highest BCUT2D eigenvalue weighted by atomic mass is 15.3. The van der Waals surface area contributed by atoms with Gasteiger partial charge in [-0.3, -0.25) is 0 Å². The zero-order valence-electron chi connectivity index (χ0n) is 9.69. The Hall–Kier alpha value is -1.16. The summed E-state index contributed by atoms with van der Waals surface area (Å²) in [5.41, 5.74) is 1.13. The van der Waals surface area contributed by atoms with E-state index in [9.17, 15) is 0 Å². The Morgan fingerprint density at radius 1 is 1.31 bits per heavy atom. The van der Waals surface area contributed by atoms with Crippen molar-refractivity contribution in [3.05, 3.63) is 18.0 Å². The van der Waals surface area contributed by atoms with Gasteiger partial charge in [0.15, 0.2) is 0 Å². The first kappa shape index (κ1) is 10.0. The summed E-state index contributed by atoms with van der Waals surface area (Å²) in [6, 6.07) is 0.738. The fourth-order valence-electron chi connectivity index (χ4n) is 2.78. The van der Waals surface area contributed by atoms with E-state index in [1.165, 1.54) is 19.4 Å². The van der Waals surface area contributed by atoms with Gasteiger partial charge < -0.3 is 10.2 Å². The van der Waals surface area contributed by atoms with Crippen LogP contribution in [0.15, 0.2) is 12.4 Å². The summed E-state index contributed by atoms with van der Waals surface area (Å²) >= 11 is 0. The minimum absolute atomic E-state index is 0.738. The first-order valence-electron chi connectivity index (χ1n) is 6.10. The van der Waals surface area contributed by atoms with Crippen molar-refractivity contribution >= 4 is 5.95 Å². The van der Waals surface area contributed by atoms with Crippen molar-refractivity contribution in [1.82, 2.24) is 15.3 Å². The van der Waals surface area contributed by atoms with E-state index in [2.05, 4.69) is 20.2 Å². The second kappa shape index (κ2) is 4.01. The molecule has 0 radical (unpaired) electrons. The average Bonchev–Trinajstić information content (AvgIpc) is 2.77. The van der Waals surface area contributed by atoms with Crippen LogP contribution in [0.25, 0.3) is 0 Å². The van der Waals surface area contributed by atoms with Crippen molar-refractivity contribution in [2.45, 2.75) is 25.8 Å². The lowest BCUT2D eigenvalue weighted by atomic mass is 9.94. The molecular formula is C12H18N4. The van der Waals surface area contributed by atoms with Gasteiger partial charge in [-0.1, -0.05) is 0 Å². The molecule has 1 N–H and O–H groups in total. The van der Waals surface area contributed by atoms with E-state index >= 15 is 0 Å². The average molecular weight is 218 g/mol. The quantitative estimate of drug-likeness (QED) is 0.762. The van der Waals surface area contributed by atoms with Gasteiger partial charge in [-0.25, -0.2) is 9.97 Å². The first-order valence-corrected chi connectivity index (χ1v) is 6.10. The molecule has 0 aromatic carbocycles. The van der Waals surface area contributed by atoms with Gasteiger partial charge in [0, 0.05) is 31.5 Å². The standard InChI is InChI=1S/C12H18N4/c1-9-6-14-12(15-7-9)16-5-3-11-10(8-16)2-4-13-11/h6-7,10-11,13H,2-5,8H2,1H3. The highest BCUT2D eigenvalue weighted by Crippen LogP contribution is 2.26. The van der Waals surface area contributed by atoms with Crippen LogP contribution in [0.5, 0.6) is 0 Å². The number of rotatable bonds is 1. The fraction of sp³-hybridized carbons (Fsp3) is 0.667. The van der Waals surface area contributed by atoms with E-state index < -0.39 is 0 Å². The number of aromatic nitrogens is 2. The number of nitrogens with one attached hydrogen (secondary N) is 1. The third-order valence-electron chi connectivity index (χ3n) is 3.71. The molecule has 16 heavy (non-hydrogen) atoms. The van der Waals surface area contributed by atoms with Crippen molar-refractivity contribution in [2.75, 3.05) is 24.5 Å². The molecular weight excluding hydrogens is 200 g/mol. The van der Waals surface area contributed by atoms with E-state index in [-0.39, 0.29) is 0 Å². The van der Waals surface area contributed by atoms with E-state index in [0.717, 1.165) is 36.6 Å². The van der Waals surface area contributed by atoms with Gasteiger partial charge in [-0.2, -0.15) is 0 Å². The number of piperidine rings is 1. The summed E-state index contributed by atoms with van der Waals surface area (Å²) in [7, 11) is 0. The summed E-state index contributed by atoms with van der Waals surface area (Å²) in [6.07, 6.45) is 6.33. The van der Waals surface area contributed by atoms with Gasteiger partial charge in [-0.15, -0.1) is 0 Å². The molecule has 1 aromatic rings. The molecule has 2 unspecified atom stereocenters. The van der Waals surface area contributed by atoms with E-state index in [1.54, 1.807) is 0 Å². The summed E-state index contributed by atoms with van der Waals surface area (Å²) in [4.78, 5) is 11.1. The van der Waals surface area contributed by atoms with Crippen LogP contribution in [-0.4, -0.2) is 35.6 Å². The normalized spacial score (nSPS) is 29.2. The molecule has 0 saturated carbocycles. The van der Waals surface area contributed by atoms with Gasteiger partial charge in [-0.05, 0) is 37.8 Å². The van der Waals surface area contributed by atoms with E-state index in [0.29, 0.717) is 0 Å². The van der Waals surface area contributed by atoms with Crippen molar-refractivity contribution in [3.63, 3.8) is 0 Å². The van der Waals surface area contributed by atoms with Crippen LogP contribution in [-0.2, 0) is 0 Å². The minimum atomic E-state index is 0.738. The highest BCUT2D eigenvalue weighted by molar-refractivity contribution is 5.31. The lowest BCUT2D eigenvalue weighted by Crippen LogP contribution is -2.45. The van der Waals surface area contributed by atoms with Crippen LogP contribution in [0.2, 0.25) is 0 Å². The number of nitrogens with zero attached hydrogens (tertiary/aromatic N) is 3. The van der Waals surface area contributed by atoms with Crippen molar-refractivity contribution in [3.8, 4) is 0 Å². The van der Waals surface area contributed by atoms with E-state index in [4.69, 9.17) is 0 Å². The Labute approximate surface area is 96.1 Å². The van der Waals surface area contributed by atoms with Crippen molar-refractivity contribution < 1.29 is 0 Å². The van der Waals surface area contributed by atoms with Crippen LogP contribution in [0.3, 0.4) is 0 Å². The molecule has 0 bridgehead atoms. The Balaban J connectivity index is 1.74. The second-order valence-electron chi connectivity index (χ2n) is 4.90. The topological polar surface area (TPSA) is 41.1 Å². The largest absolute Gasteiger partial charge is 0.340 e. The molecule has 86 valence electrons. The fourth-order valence-corrected chi connectivity index (χ4v) is 2.78. The molecule has 4 nitrogen and oxygen atoms in total. The molecule has 0 spiro atoms. The van der Waals surface area contributed by atoms with Crippen LogP contribution in [0.4, 0.5) is 5.95 Å². The smallest absolute Gasteiger partial charge is 0.225 e. The number of hydrogen-bond acceptors (Lipinski definition) is 4. The van der Waals surface area contributed by atoms with Crippen molar-refractivity contribution in [2.24, 2.45) is 5.92 Å². The molecule has 3 rings (SSSR count). The molecule has 4 heteroatoms. The molecule has 2 atom stereocenters. The maximum absolute atomic E-state index is 4.41. The molecule has 0 aliphatic carbocycles. The summed E-state index contributed by atoms with van der Waals surface area (Å²) < 4.78 is 0. The van der Waals surface area contributed by atoms with E-state index in [1.807, 2.05) is 19.3 Å². The zero-order valence-corrected chi connectivity index (χ0v) is 9.69. The van der Waals surface area contributed by atoms with Gasteiger partial charge in [0.25, 0.3) is 0 Å². The minimum Gasteiger partial charge on any atom is -0.340 e. The number of fused-ring (bicyclic) bond motifs is 1. The lowest BCUT2D eigenvalue weighted by molar-refractivity contribution is 0.373. The third-order valence-corrected chi connectivity index (χ3v) is 3.71. The zero-order chi connectivity index (χ0) is 11.0. The molecule has 2 aliphatic rings. The predicted molar refractivity (Wildman–Crippen MR) is 63.5 cm³/mol. The van der Waals surface area contributed by atoms with Gasteiger partial charge >= 0.3 is 0 Å². The number of aryl methyl sites for hydroxylation is 1. The van der Waals surface area contributed by atoms with Crippen LogP contribution >= 0.6 is 0 Å². The SMILES string of the molecule is Cc1cnc(N2CCC3NCCC3C2)nc1. The monoisotopic (exact) mass is 218 g/mol. The molecule has 2 aliphatic heterocycles. The molecule has 0 amide bonds. The van der Waals surface area contributed by atoms with Gasteiger partial charge in [0.1, 0.15) is 0 Å². The van der Waals surface area contributed by atoms with Gasteiger partial charge in [0.05, 0.1) is 0 Å². The van der Waals surface area contributed by atoms with Crippen LogP contribution in [0.1, 0.15) is 18.4 Å². The molecule has 3 heterocycles. The Kier molecular flexibility index (Phi) is 2.52. The second-order valence-corrected chi connectivity index (χ2v) is 4.90. The summed E-state index contributed by atoms with van der Waals surface area (Å²) in [5, 5.41) is 3.57. The molecule has 2 saturated heterocycles. The Bertz CT molecular complexity index is 362. The Morgan fingerprint density at radius 3 is 2.94 bits per heavy atom. The van der Waals surface area contributed by atoms with Crippen LogP contribution in [0, 0.1) is 12.8 Å². The maximum Gasteiger partial charge on any atom is 0.225 e. The highest BCUT2D eigenvalue weighted by Gasteiger charge is 2.33. The van der Waals surface area contributed by atoms with Gasteiger partial charge in [0.2, 0.25) is 5.95 Å². The predicted octanol–water partition coefficient (Wildman–Crippen LogP) is 0.973. The Morgan fingerprint density at radius 2 is 2.12 bits per heavy atom. The summed E-state index contributed by atoms with van der Waals surface area (Å²) in [5.74, 6) is 1.69. The first-order chi connectivity index (χ1) is 7.83. The third kappa shape index (κ3) is 1.78. The molecule has 1 aromatic heterocycles. The maximum atomic E-state index is 4.41. The van der Waals surface area contributed by atoms with Crippen molar-refractivity contribution in [1.29, 1.82) is 0 Å².